The Morgan fingerprint density at radius 1 is 1.20 bits per heavy atom. The SMILES string of the molecule is COc1cccc(CC(CCl)c2cccc(C)c2)c1F. The molecule has 0 spiro atoms. The van der Waals surface area contributed by atoms with Gasteiger partial charge in [-0.25, -0.2) is 4.39 Å². The molecular formula is C17H18ClFO. The highest BCUT2D eigenvalue weighted by atomic mass is 35.5. The van der Waals surface area contributed by atoms with Crippen LogP contribution >= 0.6 is 11.6 Å². The second-order valence-corrected chi connectivity index (χ2v) is 5.21. The average Bonchev–Trinajstić information content (AvgIpc) is 2.46. The molecule has 2 aromatic rings. The standard InChI is InChI=1S/C17H18ClFO/c1-12-5-3-6-13(9-12)15(11-18)10-14-7-4-8-16(20-2)17(14)19/h3-9,15H,10-11H2,1-2H3. The van der Waals surface area contributed by atoms with E-state index in [1.165, 1.54) is 12.7 Å². The van der Waals surface area contributed by atoms with E-state index in [4.69, 9.17) is 16.3 Å². The Morgan fingerprint density at radius 3 is 2.60 bits per heavy atom. The first-order chi connectivity index (χ1) is 9.65. The van der Waals surface area contributed by atoms with Crippen LogP contribution in [0.2, 0.25) is 0 Å². The normalized spacial score (nSPS) is 12.2. The minimum absolute atomic E-state index is 0.0955. The van der Waals surface area contributed by atoms with Gasteiger partial charge in [-0.1, -0.05) is 42.0 Å². The largest absolute Gasteiger partial charge is 0.494 e. The lowest BCUT2D eigenvalue weighted by Crippen LogP contribution is -2.07. The molecular weight excluding hydrogens is 275 g/mol. The highest BCUT2D eigenvalue weighted by Gasteiger charge is 2.16. The average molecular weight is 293 g/mol. The summed E-state index contributed by atoms with van der Waals surface area (Å²) >= 11 is 6.08. The number of hydrogen-bond acceptors (Lipinski definition) is 1. The molecule has 0 N–H and O–H groups in total. The number of methoxy groups -OCH3 is 1. The third-order valence-electron chi connectivity index (χ3n) is 3.43. The Kier molecular flexibility index (Phi) is 5.02. The predicted molar refractivity (Wildman–Crippen MR) is 81.3 cm³/mol. The molecule has 1 nitrogen and oxygen atoms in total. The van der Waals surface area contributed by atoms with Crippen molar-refractivity contribution in [3.05, 3.63) is 65.0 Å². The van der Waals surface area contributed by atoms with Gasteiger partial charge in [0.2, 0.25) is 0 Å². The second kappa shape index (κ2) is 6.76. The zero-order valence-electron chi connectivity index (χ0n) is 11.7. The molecule has 0 heterocycles. The zero-order chi connectivity index (χ0) is 14.5. The number of alkyl halides is 1. The summed E-state index contributed by atoms with van der Waals surface area (Å²) in [6.45, 7) is 2.04. The molecule has 3 heteroatoms. The number of ether oxygens (including phenoxy) is 1. The van der Waals surface area contributed by atoms with Gasteiger partial charge in [-0.05, 0) is 30.5 Å². The van der Waals surface area contributed by atoms with Crippen molar-refractivity contribution in [2.24, 2.45) is 0 Å². The van der Waals surface area contributed by atoms with Crippen LogP contribution in [-0.4, -0.2) is 13.0 Å². The molecule has 0 bridgehead atoms. The minimum Gasteiger partial charge on any atom is -0.494 e. The van der Waals surface area contributed by atoms with Gasteiger partial charge in [0.1, 0.15) is 0 Å². The maximum absolute atomic E-state index is 14.2. The van der Waals surface area contributed by atoms with Crippen molar-refractivity contribution in [2.75, 3.05) is 13.0 Å². The summed E-state index contributed by atoms with van der Waals surface area (Å²) in [5.74, 6) is 0.538. The third-order valence-corrected chi connectivity index (χ3v) is 3.80. The molecule has 0 aliphatic rings. The Balaban J connectivity index is 2.27. The zero-order valence-corrected chi connectivity index (χ0v) is 12.5. The molecule has 0 radical (unpaired) electrons. The van der Waals surface area contributed by atoms with E-state index in [9.17, 15) is 4.39 Å². The summed E-state index contributed by atoms with van der Waals surface area (Å²) in [5, 5.41) is 0. The smallest absolute Gasteiger partial charge is 0.168 e. The van der Waals surface area contributed by atoms with E-state index in [-0.39, 0.29) is 17.5 Å². The maximum Gasteiger partial charge on any atom is 0.168 e. The summed E-state index contributed by atoms with van der Waals surface area (Å²) in [4.78, 5) is 0. The minimum atomic E-state index is -0.294. The first-order valence-electron chi connectivity index (χ1n) is 6.59. The summed E-state index contributed by atoms with van der Waals surface area (Å²) < 4.78 is 19.2. The lowest BCUT2D eigenvalue weighted by atomic mass is 9.92. The van der Waals surface area contributed by atoms with Gasteiger partial charge < -0.3 is 4.74 Å². The first kappa shape index (κ1) is 14.9. The maximum atomic E-state index is 14.2. The number of benzene rings is 2. The van der Waals surface area contributed by atoms with Gasteiger partial charge in [-0.3, -0.25) is 0 Å². The molecule has 0 saturated heterocycles. The van der Waals surface area contributed by atoms with E-state index in [0.29, 0.717) is 17.9 Å². The van der Waals surface area contributed by atoms with Crippen molar-refractivity contribution >= 4 is 11.6 Å². The van der Waals surface area contributed by atoms with Crippen LogP contribution in [0.5, 0.6) is 5.75 Å². The van der Waals surface area contributed by atoms with Crippen LogP contribution in [0.25, 0.3) is 0 Å². The molecule has 1 atom stereocenters. The topological polar surface area (TPSA) is 9.23 Å². The molecule has 0 aliphatic carbocycles. The van der Waals surface area contributed by atoms with Crippen molar-refractivity contribution in [1.29, 1.82) is 0 Å². The highest BCUT2D eigenvalue weighted by molar-refractivity contribution is 6.18. The number of halogens is 2. The molecule has 2 rings (SSSR count). The second-order valence-electron chi connectivity index (χ2n) is 4.90. The molecule has 0 amide bonds. The summed E-state index contributed by atoms with van der Waals surface area (Å²) in [7, 11) is 1.47. The van der Waals surface area contributed by atoms with E-state index in [0.717, 1.165) is 5.56 Å². The van der Waals surface area contributed by atoms with Crippen LogP contribution in [-0.2, 0) is 6.42 Å². The quantitative estimate of drug-likeness (QED) is 0.725. The van der Waals surface area contributed by atoms with Gasteiger partial charge >= 0.3 is 0 Å². The molecule has 1 unspecified atom stereocenters. The number of rotatable bonds is 5. The number of hydrogen-bond donors (Lipinski definition) is 0. The fraction of sp³-hybridized carbons (Fsp3) is 0.294. The van der Waals surface area contributed by atoms with Crippen molar-refractivity contribution in [3.8, 4) is 5.75 Å². The van der Waals surface area contributed by atoms with Crippen LogP contribution in [0.1, 0.15) is 22.6 Å². The van der Waals surface area contributed by atoms with Crippen LogP contribution < -0.4 is 4.74 Å². The van der Waals surface area contributed by atoms with Crippen molar-refractivity contribution in [3.63, 3.8) is 0 Å². The van der Waals surface area contributed by atoms with E-state index in [1.54, 1.807) is 18.2 Å². The van der Waals surface area contributed by atoms with Crippen molar-refractivity contribution in [1.82, 2.24) is 0 Å². The molecule has 0 saturated carbocycles. The molecule has 0 aromatic heterocycles. The molecule has 20 heavy (non-hydrogen) atoms. The van der Waals surface area contributed by atoms with Gasteiger partial charge in [0.15, 0.2) is 11.6 Å². The Hall–Kier alpha value is -1.54. The van der Waals surface area contributed by atoms with Crippen LogP contribution in [0.4, 0.5) is 4.39 Å². The van der Waals surface area contributed by atoms with Crippen LogP contribution in [0.15, 0.2) is 42.5 Å². The molecule has 2 aromatic carbocycles. The summed E-state index contributed by atoms with van der Waals surface area (Å²) in [6.07, 6.45) is 0.565. The first-order valence-corrected chi connectivity index (χ1v) is 7.13. The van der Waals surface area contributed by atoms with Gasteiger partial charge in [0.25, 0.3) is 0 Å². The van der Waals surface area contributed by atoms with Gasteiger partial charge in [0.05, 0.1) is 7.11 Å². The third kappa shape index (κ3) is 3.31. The van der Waals surface area contributed by atoms with Gasteiger partial charge in [-0.2, -0.15) is 0 Å². The fourth-order valence-corrected chi connectivity index (χ4v) is 2.61. The highest BCUT2D eigenvalue weighted by Crippen LogP contribution is 2.27. The van der Waals surface area contributed by atoms with E-state index < -0.39 is 0 Å². The van der Waals surface area contributed by atoms with Crippen LogP contribution in [0.3, 0.4) is 0 Å². The van der Waals surface area contributed by atoms with E-state index in [1.807, 2.05) is 25.1 Å². The summed E-state index contributed by atoms with van der Waals surface area (Å²) in [6, 6.07) is 13.4. The Bertz CT molecular complexity index is 583. The molecule has 106 valence electrons. The van der Waals surface area contributed by atoms with Crippen molar-refractivity contribution < 1.29 is 9.13 Å². The number of aryl methyl sites for hydroxylation is 1. The monoisotopic (exact) mass is 292 g/mol. The predicted octanol–water partition coefficient (Wildman–Crippen LogP) is 4.71. The fourth-order valence-electron chi connectivity index (χ4n) is 2.32. The summed E-state index contributed by atoms with van der Waals surface area (Å²) in [5.41, 5.74) is 2.96. The van der Waals surface area contributed by atoms with Crippen molar-refractivity contribution in [2.45, 2.75) is 19.3 Å². The van der Waals surface area contributed by atoms with Gasteiger partial charge in [-0.15, -0.1) is 11.6 Å². The lowest BCUT2D eigenvalue weighted by Gasteiger charge is -2.16. The van der Waals surface area contributed by atoms with Gasteiger partial charge in [0, 0.05) is 11.8 Å². The molecule has 0 fully saturated rings. The van der Waals surface area contributed by atoms with Crippen LogP contribution in [0, 0.1) is 12.7 Å². The Morgan fingerprint density at radius 2 is 1.95 bits per heavy atom. The van der Waals surface area contributed by atoms with E-state index >= 15 is 0 Å². The lowest BCUT2D eigenvalue weighted by molar-refractivity contribution is 0.383. The molecule has 0 aliphatic heterocycles. The van der Waals surface area contributed by atoms with E-state index in [2.05, 4.69) is 6.07 Å². The Labute approximate surface area is 124 Å².